The molecule has 0 aliphatic carbocycles. The lowest BCUT2D eigenvalue weighted by atomic mass is 10.2. The van der Waals surface area contributed by atoms with Gasteiger partial charge < -0.3 is 9.38 Å². The zero-order chi connectivity index (χ0) is 11.1. The molecule has 0 bridgehead atoms. The van der Waals surface area contributed by atoms with E-state index in [-0.39, 0.29) is 5.56 Å². The molecule has 2 aromatic heterocycles. The molecule has 0 saturated carbocycles. The average molecular weight is 210 g/mol. The summed E-state index contributed by atoms with van der Waals surface area (Å²) in [4.78, 5) is 14.6. The highest BCUT2D eigenvalue weighted by atomic mass is 16.1. The van der Waals surface area contributed by atoms with E-state index in [4.69, 9.17) is 0 Å². The number of nitrogens with zero attached hydrogens (tertiary/aromatic N) is 1. The van der Waals surface area contributed by atoms with Crippen molar-refractivity contribution in [1.29, 1.82) is 0 Å². The highest BCUT2D eigenvalue weighted by Gasteiger charge is 2.03. The normalized spacial score (nSPS) is 11.0. The minimum absolute atomic E-state index is 0.0659. The topological polar surface area (TPSA) is 37.3 Å². The largest absolute Gasteiger partial charge is 0.319 e. The first-order valence-corrected chi connectivity index (χ1v) is 5.05. The van der Waals surface area contributed by atoms with Gasteiger partial charge >= 0.3 is 0 Å². The SMILES string of the molecule is C=Cc1ccc2[nH]c(=O)c3cccn3c2c1. The molecule has 16 heavy (non-hydrogen) atoms. The van der Waals surface area contributed by atoms with Crippen LogP contribution in [0.15, 0.2) is 47.9 Å². The molecule has 3 aromatic rings. The number of fused-ring (bicyclic) bond motifs is 3. The molecule has 78 valence electrons. The van der Waals surface area contributed by atoms with Crippen molar-refractivity contribution in [2.75, 3.05) is 0 Å². The summed E-state index contributed by atoms with van der Waals surface area (Å²) in [6.45, 7) is 3.74. The van der Waals surface area contributed by atoms with Gasteiger partial charge in [0.1, 0.15) is 5.52 Å². The van der Waals surface area contributed by atoms with Crippen molar-refractivity contribution in [3.05, 3.63) is 59.0 Å². The number of nitrogens with one attached hydrogen (secondary N) is 1. The first-order valence-electron chi connectivity index (χ1n) is 5.05. The summed E-state index contributed by atoms with van der Waals surface area (Å²) in [7, 11) is 0. The van der Waals surface area contributed by atoms with E-state index in [1.165, 1.54) is 0 Å². The Morgan fingerprint density at radius 2 is 2.12 bits per heavy atom. The van der Waals surface area contributed by atoms with Gasteiger partial charge in [0.2, 0.25) is 0 Å². The average Bonchev–Trinajstić information content (AvgIpc) is 2.78. The highest BCUT2D eigenvalue weighted by Crippen LogP contribution is 2.15. The molecule has 0 amide bonds. The van der Waals surface area contributed by atoms with Crippen LogP contribution < -0.4 is 5.56 Å². The molecule has 3 rings (SSSR count). The van der Waals surface area contributed by atoms with E-state index in [1.54, 1.807) is 12.1 Å². The third-order valence-electron chi connectivity index (χ3n) is 2.75. The van der Waals surface area contributed by atoms with E-state index in [0.717, 1.165) is 16.6 Å². The number of rotatable bonds is 1. The first-order chi connectivity index (χ1) is 7.79. The van der Waals surface area contributed by atoms with Crippen molar-refractivity contribution in [1.82, 2.24) is 9.38 Å². The molecule has 0 unspecified atom stereocenters. The summed E-state index contributed by atoms with van der Waals surface area (Å²) in [6, 6.07) is 9.50. The standard InChI is InChI=1S/C13H10N2O/c1-2-9-5-6-10-12(8-9)15-7-3-4-11(15)13(16)14-10/h2-8H,1H2,(H,14,16). The van der Waals surface area contributed by atoms with Crippen LogP contribution in [-0.2, 0) is 0 Å². The summed E-state index contributed by atoms with van der Waals surface area (Å²) in [6.07, 6.45) is 3.68. The predicted molar refractivity (Wildman–Crippen MR) is 65.6 cm³/mol. The van der Waals surface area contributed by atoms with Crippen molar-refractivity contribution >= 4 is 22.6 Å². The summed E-state index contributed by atoms with van der Waals surface area (Å²) >= 11 is 0. The maximum Gasteiger partial charge on any atom is 0.272 e. The number of benzene rings is 1. The van der Waals surface area contributed by atoms with Gasteiger partial charge in [-0.25, -0.2) is 0 Å². The summed E-state index contributed by atoms with van der Waals surface area (Å²) in [5.74, 6) is 0. The molecule has 3 heteroatoms. The molecule has 0 radical (unpaired) electrons. The van der Waals surface area contributed by atoms with Gasteiger partial charge in [0.25, 0.3) is 5.56 Å². The van der Waals surface area contributed by atoms with Gasteiger partial charge in [0, 0.05) is 6.20 Å². The lowest BCUT2D eigenvalue weighted by molar-refractivity contribution is 1.19. The Morgan fingerprint density at radius 3 is 2.94 bits per heavy atom. The number of aromatic nitrogens is 2. The van der Waals surface area contributed by atoms with Crippen molar-refractivity contribution < 1.29 is 0 Å². The van der Waals surface area contributed by atoms with Crippen LogP contribution in [0.4, 0.5) is 0 Å². The molecule has 0 aliphatic rings. The van der Waals surface area contributed by atoms with Crippen molar-refractivity contribution in [3.63, 3.8) is 0 Å². The Bertz CT molecular complexity index is 749. The van der Waals surface area contributed by atoms with Gasteiger partial charge in [-0.05, 0) is 29.8 Å². The molecule has 0 fully saturated rings. The molecule has 0 spiro atoms. The zero-order valence-electron chi connectivity index (χ0n) is 8.60. The summed E-state index contributed by atoms with van der Waals surface area (Å²) < 4.78 is 1.89. The van der Waals surface area contributed by atoms with E-state index >= 15 is 0 Å². The number of aromatic amines is 1. The Morgan fingerprint density at radius 1 is 1.25 bits per heavy atom. The van der Waals surface area contributed by atoms with E-state index in [2.05, 4.69) is 11.6 Å². The molecule has 2 heterocycles. The second-order valence-corrected chi connectivity index (χ2v) is 3.70. The molecule has 1 N–H and O–H groups in total. The van der Waals surface area contributed by atoms with Gasteiger partial charge in [-0.1, -0.05) is 18.7 Å². The highest BCUT2D eigenvalue weighted by molar-refractivity contribution is 5.80. The molecule has 3 nitrogen and oxygen atoms in total. The van der Waals surface area contributed by atoms with Gasteiger partial charge in [-0.2, -0.15) is 0 Å². The molecular formula is C13H10N2O. The monoisotopic (exact) mass is 210 g/mol. The number of hydrogen-bond acceptors (Lipinski definition) is 1. The van der Waals surface area contributed by atoms with Crippen molar-refractivity contribution in [3.8, 4) is 0 Å². The smallest absolute Gasteiger partial charge is 0.272 e. The molecule has 0 saturated heterocycles. The van der Waals surface area contributed by atoms with Crippen molar-refractivity contribution in [2.24, 2.45) is 0 Å². The van der Waals surface area contributed by atoms with Gasteiger partial charge in [0.05, 0.1) is 11.0 Å². The molecule has 0 aliphatic heterocycles. The van der Waals surface area contributed by atoms with Crippen LogP contribution in [-0.4, -0.2) is 9.38 Å². The van der Waals surface area contributed by atoms with E-state index < -0.39 is 0 Å². The second kappa shape index (κ2) is 3.10. The Hall–Kier alpha value is -2.29. The van der Waals surface area contributed by atoms with Crippen LogP contribution in [0.2, 0.25) is 0 Å². The third-order valence-corrected chi connectivity index (χ3v) is 2.75. The van der Waals surface area contributed by atoms with Crippen LogP contribution in [0.5, 0.6) is 0 Å². The zero-order valence-corrected chi connectivity index (χ0v) is 8.60. The van der Waals surface area contributed by atoms with E-state index in [0.29, 0.717) is 5.52 Å². The summed E-state index contributed by atoms with van der Waals surface area (Å²) in [5, 5.41) is 0. The fourth-order valence-corrected chi connectivity index (χ4v) is 1.94. The maximum absolute atomic E-state index is 11.7. The predicted octanol–water partition coefficient (Wildman–Crippen LogP) is 2.42. The first kappa shape index (κ1) is 8.97. The number of hydrogen-bond donors (Lipinski definition) is 1. The fraction of sp³-hybridized carbons (Fsp3) is 0. The van der Waals surface area contributed by atoms with E-state index in [9.17, 15) is 4.79 Å². The Labute approximate surface area is 91.7 Å². The second-order valence-electron chi connectivity index (χ2n) is 3.70. The van der Waals surface area contributed by atoms with Crippen LogP contribution in [0.25, 0.3) is 22.6 Å². The lowest BCUT2D eigenvalue weighted by Gasteiger charge is -2.03. The number of H-pyrrole nitrogens is 1. The minimum Gasteiger partial charge on any atom is -0.319 e. The molecule has 1 aromatic carbocycles. The Kier molecular flexibility index (Phi) is 1.74. The van der Waals surface area contributed by atoms with E-state index in [1.807, 2.05) is 34.9 Å². The lowest BCUT2D eigenvalue weighted by Crippen LogP contribution is -2.09. The van der Waals surface area contributed by atoms with Crippen LogP contribution in [0, 0.1) is 0 Å². The van der Waals surface area contributed by atoms with Crippen LogP contribution in [0.1, 0.15) is 5.56 Å². The van der Waals surface area contributed by atoms with Crippen LogP contribution >= 0.6 is 0 Å². The fourth-order valence-electron chi connectivity index (χ4n) is 1.94. The quantitative estimate of drug-likeness (QED) is 0.658. The summed E-state index contributed by atoms with van der Waals surface area (Å²) in [5.41, 5.74) is 3.45. The van der Waals surface area contributed by atoms with Crippen molar-refractivity contribution in [2.45, 2.75) is 0 Å². The minimum atomic E-state index is -0.0659. The molecular weight excluding hydrogens is 200 g/mol. The maximum atomic E-state index is 11.7. The third kappa shape index (κ3) is 1.11. The van der Waals surface area contributed by atoms with Crippen LogP contribution in [0.3, 0.4) is 0 Å². The van der Waals surface area contributed by atoms with Gasteiger partial charge in [0.15, 0.2) is 0 Å². The molecule has 0 atom stereocenters. The van der Waals surface area contributed by atoms with Gasteiger partial charge in [-0.15, -0.1) is 0 Å². The van der Waals surface area contributed by atoms with Gasteiger partial charge in [-0.3, -0.25) is 4.79 Å². The Balaban J connectivity index is 2.60.